The average molecular weight is 624 g/mol. The van der Waals surface area contributed by atoms with Crippen LogP contribution in [-0.4, -0.2) is 57.3 Å². The summed E-state index contributed by atoms with van der Waals surface area (Å²) in [6.45, 7) is 2.63. The zero-order valence-corrected chi connectivity index (χ0v) is 26.4. The first-order chi connectivity index (χ1) is 23.1. The van der Waals surface area contributed by atoms with Crippen LogP contribution in [0.1, 0.15) is 35.2 Å². The summed E-state index contributed by atoms with van der Waals surface area (Å²) in [5.41, 5.74) is 14.2. The Morgan fingerprint density at radius 2 is 1.83 bits per heavy atom. The van der Waals surface area contributed by atoms with E-state index in [0.717, 1.165) is 81.7 Å². The normalized spacial score (nSPS) is 20.4. The first-order valence-corrected chi connectivity index (χ1v) is 16.6. The van der Waals surface area contributed by atoms with Gasteiger partial charge in [0.25, 0.3) is 5.91 Å². The number of hydrogen-bond donors (Lipinski definition) is 1. The van der Waals surface area contributed by atoms with Gasteiger partial charge in [-0.1, -0.05) is 54.6 Å². The number of carbonyl (C=O) groups is 1. The third-order valence-electron chi connectivity index (χ3n) is 10.5. The lowest BCUT2D eigenvalue weighted by atomic mass is 10.0. The molecule has 9 rings (SSSR count). The van der Waals surface area contributed by atoms with E-state index in [0.29, 0.717) is 36.9 Å². The monoisotopic (exact) mass is 623 g/mol. The van der Waals surface area contributed by atoms with Crippen LogP contribution in [-0.2, 0) is 13.1 Å². The molecule has 0 radical (unpaired) electrons. The lowest BCUT2D eigenvalue weighted by Gasteiger charge is -2.27. The van der Waals surface area contributed by atoms with Gasteiger partial charge in [0.1, 0.15) is 17.0 Å². The third-order valence-corrected chi connectivity index (χ3v) is 10.5. The lowest BCUT2D eigenvalue weighted by molar-refractivity contribution is 0.0700. The van der Waals surface area contributed by atoms with Crippen LogP contribution in [0.25, 0.3) is 44.6 Å². The molecule has 47 heavy (non-hydrogen) atoms. The van der Waals surface area contributed by atoms with Gasteiger partial charge >= 0.3 is 0 Å². The van der Waals surface area contributed by atoms with Gasteiger partial charge in [0.2, 0.25) is 0 Å². The van der Waals surface area contributed by atoms with Crippen molar-refractivity contribution < 1.29 is 14.3 Å². The molecule has 4 aromatic carbocycles. The molecule has 2 N–H and O–H groups in total. The highest BCUT2D eigenvalue weighted by atomic mass is 16.5. The van der Waals surface area contributed by atoms with Crippen LogP contribution in [0.4, 0.5) is 0 Å². The number of nitrogens with two attached hydrogens (primary N) is 1. The summed E-state index contributed by atoms with van der Waals surface area (Å²) in [4.78, 5) is 21.3. The molecule has 8 heteroatoms. The number of hydrogen-bond acceptors (Lipinski definition) is 5. The predicted molar refractivity (Wildman–Crippen MR) is 184 cm³/mol. The molecule has 2 aliphatic heterocycles. The van der Waals surface area contributed by atoms with E-state index in [4.69, 9.17) is 20.2 Å². The molecule has 3 aliphatic rings. The van der Waals surface area contributed by atoms with E-state index in [1.165, 1.54) is 0 Å². The number of para-hydroxylation sites is 2. The molecule has 8 nitrogen and oxygen atoms in total. The summed E-state index contributed by atoms with van der Waals surface area (Å²) in [7, 11) is 1.67. The smallest absolute Gasteiger partial charge is 0.254 e. The van der Waals surface area contributed by atoms with Crippen molar-refractivity contribution in [1.29, 1.82) is 0 Å². The minimum atomic E-state index is 0.00261. The van der Waals surface area contributed by atoms with Crippen molar-refractivity contribution in [2.45, 2.75) is 44.4 Å². The van der Waals surface area contributed by atoms with Gasteiger partial charge in [-0.2, -0.15) is 0 Å². The van der Waals surface area contributed by atoms with Crippen LogP contribution in [0.2, 0.25) is 0 Å². The highest BCUT2D eigenvalue weighted by molar-refractivity contribution is 6.00. The highest BCUT2D eigenvalue weighted by Crippen LogP contribution is 2.40. The van der Waals surface area contributed by atoms with Crippen LogP contribution < -0.4 is 15.2 Å². The molecule has 236 valence electrons. The number of piperidine rings is 1. The number of rotatable bonds is 2. The maximum Gasteiger partial charge on any atom is 0.254 e. The Labute approximate surface area is 273 Å². The minimum Gasteiger partial charge on any atom is -0.494 e. The van der Waals surface area contributed by atoms with Gasteiger partial charge in [0, 0.05) is 53.7 Å². The Morgan fingerprint density at radius 1 is 0.957 bits per heavy atom. The van der Waals surface area contributed by atoms with E-state index in [9.17, 15) is 4.79 Å². The molecule has 1 amide bonds. The van der Waals surface area contributed by atoms with Crippen LogP contribution in [0.5, 0.6) is 11.5 Å². The van der Waals surface area contributed by atoms with Gasteiger partial charge in [-0.25, -0.2) is 4.98 Å². The van der Waals surface area contributed by atoms with Gasteiger partial charge < -0.3 is 29.2 Å². The van der Waals surface area contributed by atoms with E-state index in [1.54, 1.807) is 7.11 Å². The fourth-order valence-electron chi connectivity index (χ4n) is 8.20. The molecule has 1 aliphatic carbocycles. The fourth-order valence-corrected chi connectivity index (χ4v) is 8.20. The van der Waals surface area contributed by atoms with E-state index in [-0.39, 0.29) is 18.0 Å². The Morgan fingerprint density at radius 3 is 2.68 bits per heavy atom. The minimum absolute atomic E-state index is 0.00261. The van der Waals surface area contributed by atoms with Crippen molar-refractivity contribution in [1.82, 2.24) is 19.0 Å². The van der Waals surface area contributed by atoms with Crippen molar-refractivity contribution in [2.75, 3.05) is 20.3 Å². The van der Waals surface area contributed by atoms with Gasteiger partial charge in [-0.05, 0) is 72.7 Å². The summed E-state index contributed by atoms with van der Waals surface area (Å²) in [5.74, 6) is 2.75. The van der Waals surface area contributed by atoms with E-state index < -0.39 is 0 Å². The topological polar surface area (TPSA) is 87.5 Å². The molecule has 3 unspecified atom stereocenters. The van der Waals surface area contributed by atoms with Gasteiger partial charge in [0.05, 0.1) is 24.9 Å². The first-order valence-electron chi connectivity index (χ1n) is 16.6. The number of methoxy groups -OCH3 is 1. The van der Waals surface area contributed by atoms with Crippen molar-refractivity contribution in [3.8, 4) is 34.1 Å². The zero-order valence-electron chi connectivity index (χ0n) is 26.4. The number of amides is 1. The second-order valence-electron chi connectivity index (χ2n) is 13.1. The number of nitrogens with zero attached hydrogens (tertiary/aromatic N) is 4. The number of likely N-dealkylation sites (tertiary alicyclic amines) is 1. The summed E-state index contributed by atoms with van der Waals surface area (Å²) in [6, 6.07) is 31.6. The molecule has 1 saturated heterocycles. The maximum absolute atomic E-state index is 14.0. The van der Waals surface area contributed by atoms with Gasteiger partial charge in [0.15, 0.2) is 5.82 Å². The lowest BCUT2D eigenvalue weighted by Crippen LogP contribution is -2.41. The molecule has 4 heterocycles. The van der Waals surface area contributed by atoms with Crippen molar-refractivity contribution >= 4 is 27.8 Å². The second kappa shape index (κ2) is 11.0. The SMILES string of the molecule is COc1cc(C(=O)N2CC3CCC2C3N)cc2nc3n(c12)Cc1cccc(c1)-c1ccccc1OCCCn1c-3cc2ccccc21. The van der Waals surface area contributed by atoms with Gasteiger partial charge in [-0.15, -0.1) is 0 Å². The first kappa shape index (κ1) is 28.2. The quantitative estimate of drug-likeness (QED) is 0.231. The van der Waals surface area contributed by atoms with E-state index >= 15 is 0 Å². The molecular formula is C39H37N5O3. The summed E-state index contributed by atoms with van der Waals surface area (Å²) in [6.07, 6.45) is 2.88. The Hall–Kier alpha value is -5.08. The van der Waals surface area contributed by atoms with E-state index in [2.05, 4.69) is 81.9 Å². The van der Waals surface area contributed by atoms with Crippen LogP contribution in [0.15, 0.2) is 91.0 Å². The van der Waals surface area contributed by atoms with Crippen LogP contribution in [0, 0.1) is 5.92 Å². The maximum atomic E-state index is 14.0. The summed E-state index contributed by atoms with van der Waals surface area (Å²) < 4.78 is 17.1. The predicted octanol–water partition coefficient (Wildman–Crippen LogP) is 6.73. The summed E-state index contributed by atoms with van der Waals surface area (Å²) in [5, 5.41) is 1.15. The van der Waals surface area contributed by atoms with Crippen molar-refractivity contribution in [3.63, 3.8) is 0 Å². The Balaban J connectivity index is 1.25. The number of fused-ring (bicyclic) bond motifs is 13. The standard InChI is InChI=1S/C39H37N5O3/c1-46-35-21-28(39(45)43-23-27-14-15-32(43)36(27)40)19-30-37(35)44-22-24-8-6-10-25(18-24)29-11-3-5-13-34(29)47-17-7-16-42-31-12-4-2-9-26(31)20-33(42)38(44)41-30/h2-6,8-13,18-21,27,32,36H,7,14-17,22-23,40H2,1H3. The number of imidazole rings is 1. The number of benzene rings is 4. The molecule has 4 bridgehead atoms. The zero-order chi connectivity index (χ0) is 31.6. The van der Waals surface area contributed by atoms with Gasteiger partial charge in [-0.3, -0.25) is 4.79 Å². The number of carbonyl (C=O) groups excluding carboxylic acids is 1. The number of aryl methyl sites for hydroxylation is 1. The third kappa shape index (κ3) is 4.53. The summed E-state index contributed by atoms with van der Waals surface area (Å²) >= 11 is 0. The average Bonchev–Trinajstić information content (AvgIpc) is 3.85. The van der Waals surface area contributed by atoms with Crippen molar-refractivity contribution in [3.05, 3.63) is 102 Å². The highest BCUT2D eigenvalue weighted by Gasteiger charge is 2.47. The molecule has 1 saturated carbocycles. The largest absolute Gasteiger partial charge is 0.494 e. The molecule has 3 atom stereocenters. The fraction of sp³-hybridized carbons (Fsp3) is 0.282. The Bertz CT molecular complexity index is 2180. The van der Waals surface area contributed by atoms with Crippen molar-refractivity contribution in [2.24, 2.45) is 11.7 Å². The molecule has 6 aromatic rings. The Kier molecular flexibility index (Phi) is 6.61. The molecule has 2 aromatic heterocycles. The molecule has 2 fully saturated rings. The van der Waals surface area contributed by atoms with Crippen LogP contribution in [0.3, 0.4) is 0 Å². The number of aromatic nitrogens is 3. The molecule has 0 spiro atoms. The number of ether oxygens (including phenoxy) is 2. The molecular weight excluding hydrogens is 586 g/mol. The van der Waals surface area contributed by atoms with E-state index in [1.807, 2.05) is 23.1 Å². The van der Waals surface area contributed by atoms with Crippen LogP contribution >= 0.6 is 0 Å². The second-order valence-corrected chi connectivity index (χ2v) is 13.1.